The fraction of sp³-hybridized carbons (Fsp3) is 0.182. The van der Waals surface area contributed by atoms with Crippen molar-refractivity contribution in [2.24, 2.45) is 0 Å². The number of carbonyl (C=O) groups is 2. The van der Waals surface area contributed by atoms with Crippen molar-refractivity contribution in [3.8, 4) is 0 Å². The van der Waals surface area contributed by atoms with Crippen molar-refractivity contribution < 1.29 is 9.59 Å². The van der Waals surface area contributed by atoms with Gasteiger partial charge in [-0.05, 0) is 39.0 Å². The molecule has 4 aromatic rings. The topological polar surface area (TPSA) is 103 Å². The lowest BCUT2D eigenvalue weighted by atomic mass is 10.1. The number of pyridine rings is 2. The fourth-order valence-corrected chi connectivity index (χ4v) is 3.22. The second-order valence-electron chi connectivity index (χ2n) is 7.21. The summed E-state index contributed by atoms with van der Waals surface area (Å²) in [4.78, 5) is 42.4. The zero-order valence-electron chi connectivity index (χ0n) is 16.8. The first-order valence-electron chi connectivity index (χ1n) is 9.49. The summed E-state index contributed by atoms with van der Waals surface area (Å²) in [6, 6.07) is 6.95. The summed E-state index contributed by atoms with van der Waals surface area (Å²) in [5.74, 6) is -0.582. The van der Waals surface area contributed by atoms with Crippen LogP contribution in [0.3, 0.4) is 0 Å². The molecule has 150 valence electrons. The van der Waals surface area contributed by atoms with Crippen molar-refractivity contribution in [2.45, 2.75) is 26.8 Å². The first kappa shape index (κ1) is 19.4. The molecule has 0 spiro atoms. The summed E-state index contributed by atoms with van der Waals surface area (Å²) < 4.78 is 1.94. The van der Waals surface area contributed by atoms with Crippen LogP contribution in [0.25, 0.3) is 11.0 Å². The molecule has 30 heavy (non-hydrogen) atoms. The van der Waals surface area contributed by atoms with Gasteiger partial charge in [-0.25, -0.2) is 15.0 Å². The fourth-order valence-electron chi connectivity index (χ4n) is 3.22. The van der Waals surface area contributed by atoms with E-state index in [0.29, 0.717) is 33.5 Å². The molecule has 0 aromatic carbocycles. The number of aryl methyl sites for hydroxylation is 1. The van der Waals surface area contributed by atoms with E-state index in [1.165, 1.54) is 18.7 Å². The van der Waals surface area contributed by atoms with E-state index in [4.69, 9.17) is 0 Å². The van der Waals surface area contributed by atoms with Gasteiger partial charge in [0.15, 0.2) is 5.78 Å². The number of nitrogens with zero attached hydrogens (tertiary/aromatic N) is 5. The zero-order valence-corrected chi connectivity index (χ0v) is 16.8. The molecular weight excluding hydrogens is 380 g/mol. The van der Waals surface area contributed by atoms with Gasteiger partial charge in [0, 0.05) is 41.3 Å². The molecule has 0 bridgehead atoms. The van der Waals surface area contributed by atoms with Gasteiger partial charge < -0.3 is 9.88 Å². The lowest BCUT2D eigenvalue weighted by Crippen LogP contribution is -2.14. The number of rotatable bonds is 5. The molecule has 0 aliphatic carbocycles. The van der Waals surface area contributed by atoms with Gasteiger partial charge in [0.25, 0.3) is 5.91 Å². The maximum atomic E-state index is 13.2. The van der Waals surface area contributed by atoms with Gasteiger partial charge in [0.1, 0.15) is 17.7 Å². The van der Waals surface area contributed by atoms with Gasteiger partial charge in [-0.15, -0.1) is 0 Å². The monoisotopic (exact) mass is 400 g/mol. The van der Waals surface area contributed by atoms with E-state index in [1.54, 1.807) is 30.6 Å². The minimum Gasteiger partial charge on any atom is -0.329 e. The molecule has 8 heteroatoms. The van der Waals surface area contributed by atoms with Gasteiger partial charge >= 0.3 is 0 Å². The number of aromatic nitrogens is 5. The second-order valence-corrected chi connectivity index (χ2v) is 7.21. The lowest BCUT2D eigenvalue weighted by Gasteiger charge is -2.07. The molecule has 4 aromatic heterocycles. The molecular formula is C22H20N6O2. The van der Waals surface area contributed by atoms with Crippen LogP contribution in [0.5, 0.6) is 0 Å². The Morgan fingerprint density at radius 3 is 2.70 bits per heavy atom. The average molecular weight is 400 g/mol. The Kier molecular flexibility index (Phi) is 5.05. The van der Waals surface area contributed by atoms with E-state index in [9.17, 15) is 9.59 Å². The van der Waals surface area contributed by atoms with Crippen molar-refractivity contribution in [2.75, 3.05) is 5.32 Å². The lowest BCUT2D eigenvalue weighted by molar-refractivity contribution is 0.101. The van der Waals surface area contributed by atoms with Crippen LogP contribution in [0.15, 0.2) is 55.4 Å². The number of fused-ring (bicyclic) bond motifs is 1. The molecule has 4 heterocycles. The van der Waals surface area contributed by atoms with Gasteiger partial charge in [-0.2, -0.15) is 0 Å². The number of anilines is 1. The highest BCUT2D eigenvalue weighted by Gasteiger charge is 2.20. The number of hydrogen-bond donors (Lipinski definition) is 1. The van der Waals surface area contributed by atoms with Crippen LogP contribution in [0.1, 0.15) is 52.0 Å². The van der Waals surface area contributed by atoms with Crippen molar-refractivity contribution in [1.29, 1.82) is 0 Å². The van der Waals surface area contributed by atoms with E-state index in [0.717, 1.165) is 5.69 Å². The summed E-state index contributed by atoms with van der Waals surface area (Å²) in [7, 11) is 0. The van der Waals surface area contributed by atoms with Gasteiger partial charge in [0.2, 0.25) is 0 Å². The van der Waals surface area contributed by atoms with E-state index in [1.807, 2.05) is 31.4 Å². The Balaban J connectivity index is 1.65. The summed E-state index contributed by atoms with van der Waals surface area (Å²) in [6.07, 6.45) is 7.86. The predicted octanol–water partition coefficient (Wildman–Crippen LogP) is 3.59. The van der Waals surface area contributed by atoms with Crippen LogP contribution in [0, 0.1) is 6.92 Å². The number of amides is 1. The van der Waals surface area contributed by atoms with Crippen LogP contribution in [-0.2, 0) is 0 Å². The average Bonchev–Trinajstić information content (AvgIpc) is 3.13. The van der Waals surface area contributed by atoms with Crippen molar-refractivity contribution in [3.05, 3.63) is 77.9 Å². The van der Waals surface area contributed by atoms with Crippen molar-refractivity contribution in [3.63, 3.8) is 0 Å². The molecule has 0 saturated carbocycles. The number of hydrogen-bond acceptors (Lipinski definition) is 6. The Morgan fingerprint density at radius 1 is 1.10 bits per heavy atom. The molecule has 0 aliphatic heterocycles. The smallest absolute Gasteiger partial charge is 0.274 e. The molecule has 0 fully saturated rings. The highest BCUT2D eigenvalue weighted by Crippen LogP contribution is 2.25. The third-order valence-corrected chi connectivity index (χ3v) is 4.67. The maximum absolute atomic E-state index is 13.2. The molecule has 0 saturated heterocycles. The molecule has 0 aliphatic rings. The largest absolute Gasteiger partial charge is 0.329 e. The normalized spacial score (nSPS) is 11.1. The highest BCUT2D eigenvalue weighted by molar-refractivity contribution is 6.16. The standard InChI is InChI=1S/C22H20N6O2/c1-13(2)28-11-18(17-10-24-12-25-21(17)28)20(29)15-7-16(9-23-8-15)27-22(30)19-6-4-5-14(3)26-19/h4-13H,1-3H3,(H,27,30). The van der Waals surface area contributed by atoms with Gasteiger partial charge in [0.05, 0.1) is 17.4 Å². The summed E-state index contributed by atoms with van der Waals surface area (Å²) >= 11 is 0. The molecule has 4 rings (SSSR count). The molecule has 0 unspecified atom stereocenters. The van der Waals surface area contributed by atoms with Gasteiger partial charge in [-0.1, -0.05) is 6.07 Å². The Morgan fingerprint density at radius 2 is 1.93 bits per heavy atom. The van der Waals surface area contributed by atoms with E-state index >= 15 is 0 Å². The van der Waals surface area contributed by atoms with Crippen LogP contribution in [0.4, 0.5) is 5.69 Å². The van der Waals surface area contributed by atoms with E-state index in [2.05, 4.69) is 25.3 Å². The number of ketones is 1. The third kappa shape index (κ3) is 3.67. The third-order valence-electron chi connectivity index (χ3n) is 4.67. The minimum absolute atomic E-state index is 0.134. The van der Waals surface area contributed by atoms with Crippen molar-refractivity contribution >= 4 is 28.4 Å². The molecule has 1 N–H and O–H groups in total. The van der Waals surface area contributed by atoms with Gasteiger partial charge in [-0.3, -0.25) is 14.6 Å². The quantitative estimate of drug-likeness (QED) is 0.514. The summed E-state index contributed by atoms with van der Waals surface area (Å²) in [6.45, 7) is 5.86. The van der Waals surface area contributed by atoms with Crippen molar-refractivity contribution in [1.82, 2.24) is 24.5 Å². The SMILES string of the molecule is Cc1cccc(C(=O)Nc2cncc(C(=O)c3cn(C(C)C)c4ncncc34)c2)n1. The first-order chi connectivity index (χ1) is 14.4. The molecule has 1 amide bonds. The second kappa shape index (κ2) is 7.82. The Labute approximate surface area is 173 Å². The van der Waals surface area contributed by atoms with Crippen LogP contribution >= 0.6 is 0 Å². The van der Waals surface area contributed by atoms with E-state index < -0.39 is 0 Å². The molecule has 0 atom stereocenters. The minimum atomic E-state index is -0.366. The number of nitrogens with one attached hydrogen (secondary N) is 1. The van der Waals surface area contributed by atoms with Crippen LogP contribution < -0.4 is 5.32 Å². The first-order valence-corrected chi connectivity index (χ1v) is 9.49. The van der Waals surface area contributed by atoms with E-state index in [-0.39, 0.29) is 17.7 Å². The summed E-state index contributed by atoms with van der Waals surface area (Å²) in [5.41, 5.74) is 3.00. The van der Waals surface area contributed by atoms with Crippen LogP contribution in [0.2, 0.25) is 0 Å². The number of carbonyl (C=O) groups excluding carboxylic acids is 2. The Hall–Kier alpha value is -3.94. The highest BCUT2D eigenvalue weighted by atomic mass is 16.2. The maximum Gasteiger partial charge on any atom is 0.274 e. The molecule has 8 nitrogen and oxygen atoms in total. The summed E-state index contributed by atoms with van der Waals surface area (Å²) in [5, 5.41) is 3.42. The Bertz CT molecular complexity index is 1260. The molecule has 0 radical (unpaired) electrons. The zero-order chi connectivity index (χ0) is 21.3. The van der Waals surface area contributed by atoms with Crippen LogP contribution in [-0.4, -0.2) is 36.2 Å². The predicted molar refractivity (Wildman–Crippen MR) is 113 cm³/mol.